The Balaban J connectivity index is 1.67. The van der Waals surface area contributed by atoms with Crippen molar-refractivity contribution in [3.05, 3.63) is 54.0 Å². The summed E-state index contributed by atoms with van der Waals surface area (Å²) in [6, 6.07) is 11.4. The maximum absolute atomic E-state index is 12.6. The minimum absolute atomic E-state index is 0.0248. The molecule has 4 nitrogen and oxygen atoms in total. The monoisotopic (exact) mass is 299 g/mol. The molecule has 1 amide bonds. The van der Waals surface area contributed by atoms with Crippen LogP contribution in [0.15, 0.2) is 47.1 Å². The first-order valence-electron chi connectivity index (χ1n) is 7.77. The van der Waals surface area contributed by atoms with E-state index in [0.29, 0.717) is 18.3 Å². The fourth-order valence-electron chi connectivity index (χ4n) is 2.83. The average molecular weight is 299 g/mol. The zero-order valence-corrected chi connectivity index (χ0v) is 12.8. The van der Waals surface area contributed by atoms with Crippen molar-refractivity contribution in [1.82, 2.24) is 4.90 Å². The van der Waals surface area contributed by atoms with Crippen molar-refractivity contribution in [2.75, 3.05) is 13.1 Å². The van der Waals surface area contributed by atoms with Crippen molar-refractivity contribution < 1.29 is 13.9 Å². The van der Waals surface area contributed by atoms with E-state index in [1.807, 2.05) is 41.3 Å². The molecule has 2 aromatic rings. The molecule has 4 heteroatoms. The molecule has 1 saturated heterocycles. The van der Waals surface area contributed by atoms with Gasteiger partial charge in [-0.15, -0.1) is 0 Å². The zero-order valence-electron chi connectivity index (χ0n) is 12.8. The van der Waals surface area contributed by atoms with Crippen molar-refractivity contribution >= 4 is 5.91 Å². The Morgan fingerprint density at radius 1 is 1.32 bits per heavy atom. The van der Waals surface area contributed by atoms with Crippen LogP contribution in [0.25, 0.3) is 0 Å². The Kier molecular flexibility index (Phi) is 4.47. The molecule has 0 spiro atoms. The summed E-state index contributed by atoms with van der Waals surface area (Å²) in [6.07, 6.45) is 3.81. The number of nitrogens with zero attached hydrogens (tertiary/aromatic N) is 1. The summed E-state index contributed by atoms with van der Waals surface area (Å²) in [5.74, 6) is 1.72. The molecule has 3 rings (SSSR count). The normalized spacial score (nSPS) is 18.2. The molecule has 0 saturated carbocycles. The third-order valence-corrected chi connectivity index (χ3v) is 4.02. The lowest BCUT2D eigenvalue weighted by Crippen LogP contribution is -2.39. The van der Waals surface area contributed by atoms with Gasteiger partial charge in [0.15, 0.2) is 5.76 Å². The number of carbonyl (C=O) groups is 1. The number of hydrogen-bond acceptors (Lipinski definition) is 3. The van der Waals surface area contributed by atoms with Crippen LogP contribution in [-0.2, 0) is 6.61 Å². The third kappa shape index (κ3) is 3.32. The van der Waals surface area contributed by atoms with E-state index in [0.717, 1.165) is 30.8 Å². The summed E-state index contributed by atoms with van der Waals surface area (Å²) in [7, 11) is 0. The quantitative estimate of drug-likeness (QED) is 0.864. The standard InChI is InChI=1S/C18H21NO3/c1-14-6-5-10-19(12-14)18(20)17-15(9-11-21-17)13-22-16-7-3-2-4-8-16/h2-4,7-9,11,14H,5-6,10,12-13H2,1H3. The van der Waals surface area contributed by atoms with Crippen molar-refractivity contribution in [3.63, 3.8) is 0 Å². The number of hydrogen-bond donors (Lipinski definition) is 0. The van der Waals surface area contributed by atoms with E-state index < -0.39 is 0 Å². The van der Waals surface area contributed by atoms with Gasteiger partial charge >= 0.3 is 0 Å². The number of furan rings is 1. The van der Waals surface area contributed by atoms with Crippen LogP contribution in [0.1, 0.15) is 35.9 Å². The largest absolute Gasteiger partial charge is 0.489 e. The van der Waals surface area contributed by atoms with Gasteiger partial charge in [0.05, 0.1) is 6.26 Å². The summed E-state index contributed by atoms with van der Waals surface area (Å²) >= 11 is 0. The summed E-state index contributed by atoms with van der Waals surface area (Å²) in [6.45, 7) is 4.13. The molecule has 0 radical (unpaired) electrons. The Labute approximate surface area is 130 Å². The second-order valence-electron chi connectivity index (χ2n) is 5.88. The smallest absolute Gasteiger partial charge is 0.289 e. The predicted molar refractivity (Wildman–Crippen MR) is 83.8 cm³/mol. The molecule has 116 valence electrons. The second-order valence-corrected chi connectivity index (χ2v) is 5.88. The predicted octanol–water partition coefficient (Wildman–Crippen LogP) is 3.73. The van der Waals surface area contributed by atoms with Gasteiger partial charge < -0.3 is 14.1 Å². The minimum atomic E-state index is -0.0248. The Morgan fingerprint density at radius 3 is 2.91 bits per heavy atom. The molecule has 1 atom stereocenters. The van der Waals surface area contributed by atoms with Crippen molar-refractivity contribution in [1.29, 1.82) is 0 Å². The van der Waals surface area contributed by atoms with Crippen LogP contribution >= 0.6 is 0 Å². The number of para-hydroxylation sites is 1. The highest BCUT2D eigenvalue weighted by atomic mass is 16.5. The van der Waals surface area contributed by atoms with Crippen LogP contribution in [0, 0.1) is 5.92 Å². The molecule has 0 bridgehead atoms. The molecular formula is C18H21NO3. The maximum atomic E-state index is 12.6. The van der Waals surface area contributed by atoms with Crippen molar-refractivity contribution in [2.45, 2.75) is 26.4 Å². The lowest BCUT2D eigenvalue weighted by molar-refractivity contribution is 0.0647. The summed E-state index contributed by atoms with van der Waals surface area (Å²) in [5, 5.41) is 0. The Bertz CT molecular complexity index is 620. The molecule has 1 aromatic carbocycles. The van der Waals surface area contributed by atoms with E-state index in [-0.39, 0.29) is 5.91 Å². The Morgan fingerprint density at radius 2 is 2.14 bits per heavy atom. The first kappa shape index (κ1) is 14.7. The van der Waals surface area contributed by atoms with Crippen molar-refractivity contribution in [3.8, 4) is 5.75 Å². The lowest BCUT2D eigenvalue weighted by Gasteiger charge is -2.30. The van der Waals surface area contributed by atoms with Gasteiger partial charge in [0.25, 0.3) is 5.91 Å². The van der Waals surface area contributed by atoms with Crippen LogP contribution in [0.2, 0.25) is 0 Å². The van der Waals surface area contributed by atoms with Gasteiger partial charge in [0.2, 0.25) is 0 Å². The van der Waals surface area contributed by atoms with Crippen LogP contribution in [0.3, 0.4) is 0 Å². The molecule has 2 heterocycles. The van der Waals surface area contributed by atoms with E-state index in [1.54, 1.807) is 6.26 Å². The molecule has 1 aliphatic rings. The topological polar surface area (TPSA) is 42.7 Å². The molecule has 1 fully saturated rings. The Hall–Kier alpha value is -2.23. The molecule has 1 aliphatic heterocycles. The molecule has 1 aromatic heterocycles. The van der Waals surface area contributed by atoms with Gasteiger partial charge in [-0.1, -0.05) is 25.1 Å². The average Bonchev–Trinajstić information content (AvgIpc) is 3.01. The minimum Gasteiger partial charge on any atom is -0.489 e. The van der Waals surface area contributed by atoms with Crippen LogP contribution < -0.4 is 4.74 Å². The third-order valence-electron chi connectivity index (χ3n) is 4.02. The fraction of sp³-hybridized carbons (Fsp3) is 0.389. The maximum Gasteiger partial charge on any atom is 0.289 e. The molecule has 0 N–H and O–H groups in total. The summed E-state index contributed by atoms with van der Waals surface area (Å²) < 4.78 is 11.2. The lowest BCUT2D eigenvalue weighted by atomic mass is 10.00. The van der Waals surface area contributed by atoms with Gasteiger partial charge in [0.1, 0.15) is 12.4 Å². The number of benzene rings is 1. The van der Waals surface area contributed by atoms with E-state index >= 15 is 0 Å². The van der Waals surface area contributed by atoms with E-state index in [1.165, 1.54) is 6.42 Å². The van der Waals surface area contributed by atoms with Crippen LogP contribution in [0.4, 0.5) is 0 Å². The molecule has 22 heavy (non-hydrogen) atoms. The van der Waals surface area contributed by atoms with E-state index in [4.69, 9.17) is 9.15 Å². The second kappa shape index (κ2) is 6.69. The van der Waals surface area contributed by atoms with Crippen LogP contribution in [-0.4, -0.2) is 23.9 Å². The van der Waals surface area contributed by atoms with Gasteiger partial charge in [0, 0.05) is 18.7 Å². The highest BCUT2D eigenvalue weighted by Gasteiger charge is 2.26. The van der Waals surface area contributed by atoms with E-state index in [9.17, 15) is 4.79 Å². The number of likely N-dealkylation sites (tertiary alicyclic amines) is 1. The van der Waals surface area contributed by atoms with Gasteiger partial charge in [-0.05, 0) is 37.0 Å². The first-order valence-corrected chi connectivity index (χ1v) is 7.77. The van der Waals surface area contributed by atoms with E-state index in [2.05, 4.69) is 6.92 Å². The number of piperidine rings is 1. The highest BCUT2D eigenvalue weighted by Crippen LogP contribution is 2.21. The number of rotatable bonds is 4. The zero-order chi connectivity index (χ0) is 15.4. The van der Waals surface area contributed by atoms with Gasteiger partial charge in [-0.3, -0.25) is 4.79 Å². The highest BCUT2D eigenvalue weighted by molar-refractivity contribution is 5.93. The summed E-state index contributed by atoms with van der Waals surface area (Å²) in [5.41, 5.74) is 0.798. The molecular weight excluding hydrogens is 278 g/mol. The van der Waals surface area contributed by atoms with Crippen LogP contribution in [0.5, 0.6) is 5.75 Å². The van der Waals surface area contributed by atoms with Gasteiger partial charge in [-0.2, -0.15) is 0 Å². The number of carbonyl (C=O) groups excluding carboxylic acids is 1. The first-order chi connectivity index (χ1) is 10.7. The molecule has 1 unspecified atom stereocenters. The summed E-state index contributed by atoms with van der Waals surface area (Å²) in [4.78, 5) is 14.5. The molecule has 0 aliphatic carbocycles. The van der Waals surface area contributed by atoms with Gasteiger partial charge in [-0.25, -0.2) is 0 Å². The fourth-order valence-corrected chi connectivity index (χ4v) is 2.83. The number of ether oxygens (including phenoxy) is 1. The number of amides is 1. The SMILES string of the molecule is CC1CCCN(C(=O)c2occc2COc2ccccc2)C1. The van der Waals surface area contributed by atoms with Crippen molar-refractivity contribution in [2.24, 2.45) is 5.92 Å².